The summed E-state index contributed by atoms with van der Waals surface area (Å²) in [6.07, 6.45) is 7.10. The predicted molar refractivity (Wildman–Crippen MR) is 93.1 cm³/mol. The van der Waals surface area contributed by atoms with Crippen LogP contribution in [0.5, 0.6) is 0 Å². The van der Waals surface area contributed by atoms with Crippen molar-refractivity contribution in [3.63, 3.8) is 0 Å². The Morgan fingerprint density at radius 1 is 0.650 bits per heavy atom. The van der Waals surface area contributed by atoms with Crippen LogP contribution in [0.2, 0.25) is 0 Å². The fourth-order valence-corrected chi connectivity index (χ4v) is 6.10. The van der Waals surface area contributed by atoms with Gasteiger partial charge in [-0.2, -0.15) is 0 Å². The first-order valence-corrected chi connectivity index (χ1v) is 8.75. The third kappa shape index (κ3) is 3.95. The van der Waals surface area contributed by atoms with E-state index in [0.29, 0.717) is 0 Å². The zero-order valence-electron chi connectivity index (χ0n) is 11.3. The molecule has 0 aromatic heterocycles. The van der Waals surface area contributed by atoms with Crippen molar-refractivity contribution < 1.29 is 0 Å². The monoisotopic (exact) mass is 292 g/mol. The van der Waals surface area contributed by atoms with E-state index >= 15 is 0 Å². The molecule has 0 heterocycles. The molecular weight excluding hydrogens is 270 g/mol. The number of hydrogen-bond donors (Lipinski definition) is 0. The van der Waals surface area contributed by atoms with Gasteiger partial charge in [-0.15, -0.1) is 0 Å². The molecule has 1 fully saturated rings. The Morgan fingerprint density at radius 3 is 1.55 bits per heavy atom. The van der Waals surface area contributed by atoms with Crippen LogP contribution in [0, 0.1) is 0 Å². The molecule has 0 aliphatic heterocycles. The Balaban J connectivity index is 0.00000147. The van der Waals surface area contributed by atoms with Crippen LogP contribution in [0.3, 0.4) is 0 Å². The van der Waals surface area contributed by atoms with Gasteiger partial charge in [0.1, 0.15) is 0 Å². The minimum Gasteiger partial charge on any atom is -0.0622 e. The van der Waals surface area contributed by atoms with Gasteiger partial charge in [0.2, 0.25) is 0 Å². The standard InChI is InChI=1S/C18H21P.Na.H/c1-4-10-16(11-5-1)19(17-12-6-2-7-13-17)18-14-8-3-9-15-18;;/h1-2,4-7,10-13,18H,3,8-9,14-15H2;;. The van der Waals surface area contributed by atoms with Crippen LogP contribution in [-0.4, -0.2) is 35.2 Å². The van der Waals surface area contributed by atoms with Gasteiger partial charge < -0.3 is 0 Å². The summed E-state index contributed by atoms with van der Waals surface area (Å²) in [4.78, 5) is 0. The van der Waals surface area contributed by atoms with E-state index in [2.05, 4.69) is 60.7 Å². The molecule has 0 nitrogen and oxygen atoms in total. The van der Waals surface area contributed by atoms with Crippen molar-refractivity contribution in [1.29, 1.82) is 0 Å². The zero-order valence-corrected chi connectivity index (χ0v) is 12.2. The quantitative estimate of drug-likeness (QED) is 0.596. The second-order valence-electron chi connectivity index (χ2n) is 5.33. The topological polar surface area (TPSA) is 0 Å². The maximum absolute atomic E-state index is 2.33. The van der Waals surface area contributed by atoms with Crippen LogP contribution in [0.1, 0.15) is 32.1 Å². The van der Waals surface area contributed by atoms with E-state index in [9.17, 15) is 0 Å². The first-order valence-electron chi connectivity index (χ1n) is 7.34. The molecule has 0 bridgehead atoms. The molecule has 2 aromatic rings. The molecular formula is C18H22NaP. The van der Waals surface area contributed by atoms with Crippen LogP contribution < -0.4 is 10.6 Å². The van der Waals surface area contributed by atoms with Gasteiger partial charge in [-0.1, -0.05) is 79.9 Å². The van der Waals surface area contributed by atoms with Crippen LogP contribution in [0.4, 0.5) is 0 Å². The van der Waals surface area contributed by atoms with Crippen molar-refractivity contribution in [2.24, 2.45) is 0 Å². The molecule has 0 N–H and O–H groups in total. The van der Waals surface area contributed by atoms with Gasteiger partial charge in [0.15, 0.2) is 0 Å². The van der Waals surface area contributed by atoms with Gasteiger partial charge in [0.05, 0.1) is 0 Å². The molecule has 3 rings (SSSR count). The summed E-state index contributed by atoms with van der Waals surface area (Å²) in [5.74, 6) is 0. The van der Waals surface area contributed by atoms with Gasteiger partial charge in [-0.05, 0) is 37.0 Å². The van der Waals surface area contributed by atoms with E-state index in [1.807, 2.05) is 0 Å². The molecule has 0 radical (unpaired) electrons. The van der Waals surface area contributed by atoms with E-state index in [1.54, 1.807) is 10.6 Å². The van der Waals surface area contributed by atoms with Crippen LogP contribution >= 0.6 is 7.92 Å². The average Bonchev–Trinajstić information content (AvgIpc) is 2.51. The molecule has 0 atom stereocenters. The van der Waals surface area contributed by atoms with E-state index in [0.717, 1.165) is 5.66 Å². The molecule has 0 unspecified atom stereocenters. The summed E-state index contributed by atoms with van der Waals surface area (Å²) in [5.41, 5.74) is 0.883. The number of hydrogen-bond acceptors (Lipinski definition) is 0. The normalized spacial score (nSPS) is 15.8. The second-order valence-corrected chi connectivity index (χ2v) is 7.84. The fourth-order valence-electron chi connectivity index (χ4n) is 3.09. The molecule has 20 heavy (non-hydrogen) atoms. The fraction of sp³-hybridized carbons (Fsp3) is 0.333. The Hall–Kier alpha value is -0.130. The van der Waals surface area contributed by atoms with Crippen LogP contribution in [0.15, 0.2) is 60.7 Å². The van der Waals surface area contributed by atoms with Gasteiger partial charge >= 0.3 is 29.6 Å². The first-order chi connectivity index (χ1) is 9.45. The van der Waals surface area contributed by atoms with E-state index in [-0.39, 0.29) is 37.5 Å². The Bertz CT molecular complexity index is 452. The van der Waals surface area contributed by atoms with E-state index in [1.165, 1.54) is 32.1 Å². The third-order valence-corrected chi connectivity index (χ3v) is 6.96. The van der Waals surface area contributed by atoms with Crippen molar-refractivity contribution in [3.05, 3.63) is 60.7 Å². The number of rotatable bonds is 3. The molecule has 1 saturated carbocycles. The smallest absolute Gasteiger partial charge is 0.0129 e. The van der Waals surface area contributed by atoms with Gasteiger partial charge in [0.25, 0.3) is 0 Å². The molecule has 0 amide bonds. The zero-order chi connectivity index (χ0) is 12.9. The van der Waals surface area contributed by atoms with Crippen molar-refractivity contribution in [2.75, 3.05) is 0 Å². The molecule has 2 aromatic carbocycles. The maximum Gasteiger partial charge on any atom is -0.0129 e. The molecule has 0 spiro atoms. The van der Waals surface area contributed by atoms with Crippen molar-refractivity contribution in [1.82, 2.24) is 0 Å². The minimum absolute atomic E-state index is 0. The van der Waals surface area contributed by atoms with E-state index < -0.39 is 0 Å². The van der Waals surface area contributed by atoms with Crippen LogP contribution in [-0.2, 0) is 0 Å². The van der Waals surface area contributed by atoms with Gasteiger partial charge in [-0.25, -0.2) is 0 Å². The Kier molecular flexibility index (Phi) is 6.78. The number of benzene rings is 2. The Labute approximate surface area is 146 Å². The molecule has 1 aliphatic carbocycles. The summed E-state index contributed by atoms with van der Waals surface area (Å²) in [7, 11) is -0.169. The molecule has 2 heteroatoms. The van der Waals surface area contributed by atoms with Gasteiger partial charge in [-0.3, -0.25) is 0 Å². The second kappa shape index (κ2) is 8.35. The first kappa shape index (κ1) is 16.2. The van der Waals surface area contributed by atoms with Crippen LogP contribution in [0.25, 0.3) is 0 Å². The average molecular weight is 292 g/mol. The third-order valence-electron chi connectivity index (χ3n) is 4.01. The molecule has 0 saturated heterocycles. The Morgan fingerprint density at radius 2 is 1.10 bits per heavy atom. The summed E-state index contributed by atoms with van der Waals surface area (Å²) < 4.78 is 0. The maximum atomic E-state index is 2.33. The summed E-state index contributed by atoms with van der Waals surface area (Å²) in [6.45, 7) is 0. The predicted octanol–water partition coefficient (Wildman–Crippen LogP) is 3.80. The van der Waals surface area contributed by atoms with E-state index in [4.69, 9.17) is 0 Å². The largest absolute Gasteiger partial charge is 0.0622 e. The SMILES string of the molecule is [NaH].c1ccc(P(c2ccccc2)C2CCCCC2)cc1. The summed E-state index contributed by atoms with van der Waals surface area (Å²) in [5, 5.41) is 3.10. The summed E-state index contributed by atoms with van der Waals surface area (Å²) in [6, 6.07) is 22.3. The molecule has 1 aliphatic rings. The van der Waals surface area contributed by atoms with Crippen molar-refractivity contribution in [3.8, 4) is 0 Å². The van der Waals surface area contributed by atoms with Gasteiger partial charge in [0, 0.05) is 0 Å². The molecule has 100 valence electrons. The summed E-state index contributed by atoms with van der Waals surface area (Å²) >= 11 is 0. The van der Waals surface area contributed by atoms with Crippen molar-refractivity contribution >= 4 is 48.1 Å². The van der Waals surface area contributed by atoms with Crippen molar-refractivity contribution in [2.45, 2.75) is 37.8 Å². The minimum atomic E-state index is -0.169.